The lowest BCUT2D eigenvalue weighted by atomic mass is 10.1. The van der Waals surface area contributed by atoms with Gasteiger partial charge in [-0.15, -0.1) is 0 Å². The summed E-state index contributed by atoms with van der Waals surface area (Å²) in [7, 11) is 0. The molecule has 0 aromatic heterocycles. The fourth-order valence-electron chi connectivity index (χ4n) is 2.20. The maximum absolute atomic E-state index is 12.3. The Morgan fingerprint density at radius 3 is 2.60 bits per heavy atom. The smallest absolute Gasteiger partial charge is 0.387 e. The molecular formula is C15H17F2NO2. The summed E-state index contributed by atoms with van der Waals surface area (Å²) in [6.45, 7) is -1.35. The van der Waals surface area contributed by atoms with Crippen molar-refractivity contribution in [3.05, 3.63) is 35.9 Å². The minimum absolute atomic E-state index is 0.0743. The van der Waals surface area contributed by atoms with E-state index in [2.05, 4.69) is 4.74 Å². The maximum atomic E-state index is 12.3. The third-order valence-electron chi connectivity index (χ3n) is 3.21. The molecule has 1 aromatic carbocycles. The van der Waals surface area contributed by atoms with E-state index in [1.54, 1.807) is 23.1 Å². The summed E-state index contributed by atoms with van der Waals surface area (Å²) < 4.78 is 29.0. The summed E-state index contributed by atoms with van der Waals surface area (Å²) in [6, 6.07) is 6.42. The Balaban J connectivity index is 2.04. The van der Waals surface area contributed by atoms with E-state index in [9.17, 15) is 13.6 Å². The van der Waals surface area contributed by atoms with Gasteiger partial charge in [-0.25, -0.2) is 0 Å². The van der Waals surface area contributed by atoms with E-state index < -0.39 is 6.61 Å². The normalized spacial score (nSPS) is 15.8. The van der Waals surface area contributed by atoms with Crippen LogP contribution in [0, 0.1) is 0 Å². The number of para-hydroxylation sites is 1. The Labute approximate surface area is 116 Å². The predicted octanol–water partition coefficient (Wildman–Crippen LogP) is 3.31. The van der Waals surface area contributed by atoms with Gasteiger partial charge in [-0.1, -0.05) is 18.2 Å². The summed E-state index contributed by atoms with van der Waals surface area (Å²) in [5.74, 6) is -0.0123. The highest BCUT2D eigenvalue weighted by atomic mass is 19.3. The van der Waals surface area contributed by atoms with Crippen molar-refractivity contribution in [3.8, 4) is 5.75 Å². The van der Waals surface area contributed by atoms with Crippen LogP contribution in [-0.2, 0) is 4.79 Å². The lowest BCUT2D eigenvalue weighted by Crippen LogP contribution is -2.34. The molecule has 1 aromatic rings. The molecule has 5 heteroatoms. The average molecular weight is 281 g/mol. The third-order valence-corrected chi connectivity index (χ3v) is 3.21. The van der Waals surface area contributed by atoms with Gasteiger partial charge in [0.05, 0.1) is 0 Å². The number of carbonyl (C=O) groups excluding carboxylic acids is 1. The van der Waals surface area contributed by atoms with E-state index in [0.717, 1.165) is 32.4 Å². The van der Waals surface area contributed by atoms with Gasteiger partial charge in [0.2, 0.25) is 5.91 Å². The Morgan fingerprint density at radius 2 is 1.90 bits per heavy atom. The Hall–Kier alpha value is -1.91. The van der Waals surface area contributed by atoms with Gasteiger partial charge in [-0.3, -0.25) is 4.79 Å². The van der Waals surface area contributed by atoms with Crippen molar-refractivity contribution in [1.82, 2.24) is 4.90 Å². The number of rotatable bonds is 4. The van der Waals surface area contributed by atoms with Gasteiger partial charge in [-0.05, 0) is 31.4 Å². The van der Waals surface area contributed by atoms with Gasteiger partial charge in [-0.2, -0.15) is 8.78 Å². The van der Waals surface area contributed by atoms with E-state index in [1.165, 1.54) is 18.2 Å². The number of benzene rings is 1. The van der Waals surface area contributed by atoms with Crippen molar-refractivity contribution in [2.45, 2.75) is 25.9 Å². The molecule has 0 saturated carbocycles. The van der Waals surface area contributed by atoms with Crippen molar-refractivity contribution in [1.29, 1.82) is 0 Å². The second-order valence-electron chi connectivity index (χ2n) is 4.64. The fourth-order valence-corrected chi connectivity index (χ4v) is 2.20. The van der Waals surface area contributed by atoms with Crippen LogP contribution in [0.2, 0.25) is 0 Å². The molecule has 1 aliphatic rings. The van der Waals surface area contributed by atoms with Gasteiger partial charge < -0.3 is 9.64 Å². The van der Waals surface area contributed by atoms with Crippen LogP contribution in [-0.4, -0.2) is 30.5 Å². The van der Waals surface area contributed by atoms with Crippen molar-refractivity contribution in [2.24, 2.45) is 0 Å². The van der Waals surface area contributed by atoms with E-state index in [1.807, 2.05) is 0 Å². The number of likely N-dealkylation sites (tertiary alicyclic amines) is 1. The van der Waals surface area contributed by atoms with Crippen molar-refractivity contribution < 1.29 is 18.3 Å². The summed E-state index contributed by atoms with van der Waals surface area (Å²) in [4.78, 5) is 13.7. The second-order valence-corrected chi connectivity index (χ2v) is 4.64. The molecular weight excluding hydrogens is 264 g/mol. The van der Waals surface area contributed by atoms with E-state index >= 15 is 0 Å². The highest BCUT2D eigenvalue weighted by Crippen LogP contribution is 2.21. The highest BCUT2D eigenvalue weighted by Gasteiger charge is 2.14. The molecule has 0 aliphatic carbocycles. The van der Waals surface area contributed by atoms with Gasteiger partial charge >= 0.3 is 6.61 Å². The number of ether oxygens (including phenoxy) is 1. The SMILES string of the molecule is O=C(/C=C/c1ccccc1OC(F)F)N1CCCCC1. The molecule has 20 heavy (non-hydrogen) atoms. The molecule has 1 amide bonds. The van der Waals surface area contributed by atoms with Crippen molar-refractivity contribution in [3.63, 3.8) is 0 Å². The van der Waals surface area contributed by atoms with E-state index in [0.29, 0.717) is 5.56 Å². The zero-order chi connectivity index (χ0) is 14.4. The Kier molecular flexibility index (Phi) is 5.09. The maximum Gasteiger partial charge on any atom is 0.387 e. The van der Waals surface area contributed by atoms with Crippen LogP contribution in [0.15, 0.2) is 30.3 Å². The number of amides is 1. The predicted molar refractivity (Wildman–Crippen MR) is 72.5 cm³/mol. The molecule has 3 nitrogen and oxygen atoms in total. The molecule has 0 bridgehead atoms. The van der Waals surface area contributed by atoms with Gasteiger partial charge in [0.15, 0.2) is 0 Å². The number of hydrogen-bond acceptors (Lipinski definition) is 2. The Morgan fingerprint density at radius 1 is 1.20 bits per heavy atom. The molecule has 0 spiro atoms. The summed E-state index contributed by atoms with van der Waals surface area (Å²) in [5.41, 5.74) is 0.471. The average Bonchev–Trinajstić information content (AvgIpc) is 2.46. The van der Waals surface area contributed by atoms with Crippen LogP contribution in [0.3, 0.4) is 0 Å². The van der Waals surface area contributed by atoms with Crippen LogP contribution in [0.25, 0.3) is 6.08 Å². The van der Waals surface area contributed by atoms with Gasteiger partial charge in [0.1, 0.15) is 5.75 Å². The first-order valence-corrected chi connectivity index (χ1v) is 6.67. The van der Waals surface area contributed by atoms with Crippen molar-refractivity contribution >= 4 is 12.0 Å². The number of halogens is 2. The first-order valence-electron chi connectivity index (χ1n) is 6.67. The first kappa shape index (κ1) is 14.5. The largest absolute Gasteiger partial charge is 0.434 e. The first-order chi connectivity index (χ1) is 9.66. The lowest BCUT2D eigenvalue weighted by Gasteiger charge is -2.25. The molecule has 0 radical (unpaired) electrons. The topological polar surface area (TPSA) is 29.5 Å². The molecule has 108 valence electrons. The van der Waals surface area contributed by atoms with E-state index in [4.69, 9.17) is 0 Å². The van der Waals surface area contributed by atoms with Crippen LogP contribution in [0.1, 0.15) is 24.8 Å². The van der Waals surface area contributed by atoms with Crippen LogP contribution in [0.4, 0.5) is 8.78 Å². The fraction of sp³-hybridized carbons (Fsp3) is 0.400. The minimum Gasteiger partial charge on any atom is -0.434 e. The summed E-state index contributed by atoms with van der Waals surface area (Å²) in [6.07, 6.45) is 6.13. The molecule has 1 saturated heterocycles. The van der Waals surface area contributed by atoms with E-state index in [-0.39, 0.29) is 11.7 Å². The van der Waals surface area contributed by atoms with Crippen LogP contribution < -0.4 is 4.74 Å². The van der Waals surface area contributed by atoms with Gasteiger partial charge in [0, 0.05) is 24.7 Å². The number of nitrogens with zero attached hydrogens (tertiary/aromatic N) is 1. The number of alkyl halides is 2. The monoisotopic (exact) mass is 281 g/mol. The van der Waals surface area contributed by atoms with Crippen LogP contribution >= 0.6 is 0 Å². The molecule has 2 rings (SSSR count). The standard InChI is InChI=1S/C15H17F2NO2/c16-15(17)20-13-7-3-2-6-12(13)8-9-14(19)18-10-4-1-5-11-18/h2-3,6-9,15H,1,4-5,10-11H2/b9-8+. The molecule has 1 aliphatic heterocycles. The molecule has 0 N–H and O–H groups in total. The molecule has 0 unspecified atom stereocenters. The quantitative estimate of drug-likeness (QED) is 0.792. The minimum atomic E-state index is -2.87. The molecule has 1 heterocycles. The number of carbonyl (C=O) groups is 1. The zero-order valence-corrected chi connectivity index (χ0v) is 11.1. The highest BCUT2D eigenvalue weighted by molar-refractivity contribution is 5.92. The number of hydrogen-bond donors (Lipinski definition) is 0. The Bertz CT molecular complexity index is 483. The zero-order valence-electron chi connectivity index (χ0n) is 11.1. The second kappa shape index (κ2) is 7.03. The summed E-state index contributed by atoms with van der Waals surface area (Å²) >= 11 is 0. The molecule has 0 atom stereocenters. The summed E-state index contributed by atoms with van der Waals surface area (Å²) in [5, 5.41) is 0. The lowest BCUT2D eigenvalue weighted by molar-refractivity contribution is -0.126. The third kappa shape index (κ3) is 4.05. The van der Waals surface area contributed by atoms with Crippen molar-refractivity contribution in [2.75, 3.05) is 13.1 Å². The van der Waals surface area contributed by atoms with Gasteiger partial charge in [0.25, 0.3) is 0 Å². The number of piperidine rings is 1. The van der Waals surface area contributed by atoms with Crippen LogP contribution in [0.5, 0.6) is 5.75 Å². The molecule has 1 fully saturated rings.